The van der Waals surface area contributed by atoms with Crippen LogP contribution >= 0.6 is 27.3 Å². The van der Waals surface area contributed by atoms with E-state index in [1.165, 1.54) is 20.5 Å². The zero-order chi connectivity index (χ0) is 13.2. The van der Waals surface area contributed by atoms with E-state index in [0.717, 1.165) is 0 Å². The van der Waals surface area contributed by atoms with Crippen molar-refractivity contribution in [3.63, 3.8) is 0 Å². The fourth-order valence-electron chi connectivity index (χ4n) is 2.22. The Morgan fingerprint density at radius 2 is 1.84 bits per heavy atom. The van der Waals surface area contributed by atoms with E-state index in [1.54, 1.807) is 0 Å². The number of nitrogens with zero attached hydrogens (tertiary/aromatic N) is 1. The highest BCUT2D eigenvalue weighted by Crippen LogP contribution is 2.42. The molecule has 0 bridgehead atoms. The zero-order valence-electron chi connectivity index (χ0n) is 10.6. The van der Waals surface area contributed by atoms with Gasteiger partial charge in [0.25, 0.3) is 0 Å². The number of fused-ring (bicyclic) bond motifs is 1. The Hall–Kier alpha value is -1.19. The van der Waals surface area contributed by atoms with Crippen molar-refractivity contribution in [2.24, 2.45) is 0 Å². The second-order valence-electron chi connectivity index (χ2n) is 4.66. The zero-order valence-corrected chi connectivity index (χ0v) is 13.0. The highest BCUT2D eigenvalue weighted by atomic mass is 79.9. The molecule has 0 aliphatic rings. The van der Waals surface area contributed by atoms with Crippen molar-refractivity contribution in [3.8, 4) is 0 Å². The Morgan fingerprint density at radius 3 is 2.58 bits per heavy atom. The van der Waals surface area contributed by atoms with Gasteiger partial charge in [-0.2, -0.15) is 0 Å². The van der Waals surface area contributed by atoms with Crippen molar-refractivity contribution in [2.45, 2.75) is 17.7 Å². The van der Waals surface area contributed by atoms with Gasteiger partial charge in [-0.3, -0.25) is 4.98 Å². The van der Waals surface area contributed by atoms with Gasteiger partial charge in [0.1, 0.15) is 0 Å². The van der Waals surface area contributed by atoms with Crippen LogP contribution in [0.5, 0.6) is 0 Å². The Morgan fingerprint density at radius 1 is 1.11 bits per heavy atom. The molecular weight excluding hydrogens is 318 g/mol. The van der Waals surface area contributed by atoms with E-state index in [4.69, 9.17) is 0 Å². The first-order valence-electron chi connectivity index (χ1n) is 6.28. The summed E-state index contributed by atoms with van der Waals surface area (Å²) in [6, 6.07) is 15.0. The van der Waals surface area contributed by atoms with Crippen LogP contribution in [-0.2, 0) is 0 Å². The average molecular weight is 332 g/mol. The van der Waals surface area contributed by atoms with Gasteiger partial charge in [0.05, 0.1) is 4.83 Å². The van der Waals surface area contributed by atoms with Crippen molar-refractivity contribution >= 4 is 37.4 Å². The van der Waals surface area contributed by atoms with Gasteiger partial charge < -0.3 is 0 Å². The summed E-state index contributed by atoms with van der Waals surface area (Å²) >= 11 is 5.72. The van der Waals surface area contributed by atoms with Crippen molar-refractivity contribution in [1.29, 1.82) is 0 Å². The summed E-state index contributed by atoms with van der Waals surface area (Å²) in [5.74, 6) is 0.427. The molecule has 19 heavy (non-hydrogen) atoms. The number of alkyl halides is 1. The molecule has 0 N–H and O–H groups in total. The number of rotatable bonds is 3. The molecule has 2 atom stereocenters. The molecule has 96 valence electrons. The number of hydrogen-bond acceptors (Lipinski definition) is 2. The molecular formula is C16H14BrNS. The minimum absolute atomic E-state index is 0.340. The molecule has 3 rings (SSSR count). The number of hydrogen-bond donors (Lipinski definition) is 0. The predicted octanol–water partition coefficient (Wildman–Crippen LogP) is 5.54. The van der Waals surface area contributed by atoms with Crippen LogP contribution in [0, 0.1) is 0 Å². The van der Waals surface area contributed by atoms with Crippen LogP contribution in [0.2, 0.25) is 0 Å². The quantitative estimate of drug-likeness (QED) is 0.574. The third kappa shape index (κ3) is 2.58. The van der Waals surface area contributed by atoms with Gasteiger partial charge in [0.2, 0.25) is 0 Å². The summed E-state index contributed by atoms with van der Waals surface area (Å²) < 4.78 is 1.35. The minimum atomic E-state index is 0.340. The van der Waals surface area contributed by atoms with Crippen LogP contribution in [0.4, 0.5) is 0 Å². The van der Waals surface area contributed by atoms with Crippen LogP contribution in [0.3, 0.4) is 0 Å². The highest BCUT2D eigenvalue weighted by molar-refractivity contribution is 9.09. The molecule has 0 radical (unpaired) electrons. The van der Waals surface area contributed by atoms with Gasteiger partial charge in [-0.1, -0.05) is 41.1 Å². The molecule has 2 heterocycles. The molecule has 2 aromatic heterocycles. The Balaban J connectivity index is 1.93. The van der Waals surface area contributed by atoms with Crippen molar-refractivity contribution in [3.05, 3.63) is 65.3 Å². The SMILES string of the molecule is CC(c1ccncc1)C(Br)c1cc2ccccc2s1. The third-order valence-corrected chi connectivity index (χ3v) is 6.18. The summed E-state index contributed by atoms with van der Waals surface area (Å²) in [7, 11) is 0. The predicted molar refractivity (Wildman–Crippen MR) is 86.1 cm³/mol. The van der Waals surface area contributed by atoms with E-state index in [1.807, 2.05) is 23.7 Å². The first-order chi connectivity index (χ1) is 9.25. The topological polar surface area (TPSA) is 12.9 Å². The van der Waals surface area contributed by atoms with Crippen LogP contribution in [-0.4, -0.2) is 4.98 Å². The van der Waals surface area contributed by atoms with Gasteiger partial charge in [-0.25, -0.2) is 0 Å². The summed E-state index contributed by atoms with van der Waals surface area (Å²) in [6.07, 6.45) is 3.72. The van der Waals surface area contributed by atoms with Gasteiger partial charge >= 0.3 is 0 Å². The van der Waals surface area contributed by atoms with E-state index in [-0.39, 0.29) is 0 Å². The van der Waals surface area contributed by atoms with E-state index in [2.05, 4.69) is 70.3 Å². The number of benzene rings is 1. The molecule has 1 aromatic carbocycles. The maximum absolute atomic E-state index is 4.08. The second kappa shape index (κ2) is 5.43. The van der Waals surface area contributed by atoms with E-state index in [0.29, 0.717) is 10.7 Å². The average Bonchev–Trinajstić information content (AvgIpc) is 2.90. The standard InChI is InChI=1S/C16H14BrNS/c1-11(12-6-8-18-9-7-12)16(17)15-10-13-4-2-3-5-14(13)19-15/h2-11,16H,1H3. The molecule has 0 aliphatic carbocycles. The van der Waals surface area contributed by atoms with E-state index < -0.39 is 0 Å². The Labute approximate surface area is 125 Å². The van der Waals surface area contributed by atoms with Crippen LogP contribution in [0.1, 0.15) is 28.1 Å². The number of halogens is 1. The van der Waals surface area contributed by atoms with Gasteiger partial charge in [-0.05, 0) is 41.1 Å². The van der Waals surface area contributed by atoms with Crippen molar-refractivity contribution < 1.29 is 0 Å². The minimum Gasteiger partial charge on any atom is -0.265 e. The summed E-state index contributed by atoms with van der Waals surface area (Å²) in [5, 5.41) is 1.33. The highest BCUT2D eigenvalue weighted by Gasteiger charge is 2.19. The maximum Gasteiger partial charge on any atom is 0.0555 e. The molecule has 2 unspecified atom stereocenters. The lowest BCUT2D eigenvalue weighted by Gasteiger charge is -2.17. The molecule has 0 saturated carbocycles. The molecule has 3 heteroatoms. The fraction of sp³-hybridized carbons (Fsp3) is 0.188. The van der Waals surface area contributed by atoms with Gasteiger partial charge in [0, 0.05) is 22.0 Å². The lowest BCUT2D eigenvalue weighted by Crippen LogP contribution is -2.00. The molecule has 0 spiro atoms. The molecule has 1 nitrogen and oxygen atoms in total. The lowest BCUT2D eigenvalue weighted by atomic mass is 9.98. The Bertz CT molecular complexity index is 644. The smallest absolute Gasteiger partial charge is 0.0555 e. The van der Waals surface area contributed by atoms with Crippen molar-refractivity contribution in [2.75, 3.05) is 0 Å². The van der Waals surface area contributed by atoms with Gasteiger partial charge in [0.15, 0.2) is 0 Å². The monoisotopic (exact) mass is 331 g/mol. The number of aromatic nitrogens is 1. The molecule has 3 aromatic rings. The number of thiophene rings is 1. The molecule has 0 aliphatic heterocycles. The van der Waals surface area contributed by atoms with Crippen LogP contribution < -0.4 is 0 Å². The molecule has 0 saturated heterocycles. The third-order valence-electron chi connectivity index (χ3n) is 3.39. The van der Waals surface area contributed by atoms with E-state index >= 15 is 0 Å². The lowest BCUT2D eigenvalue weighted by molar-refractivity contribution is 0.760. The summed E-state index contributed by atoms with van der Waals surface area (Å²) in [5.41, 5.74) is 1.31. The first-order valence-corrected chi connectivity index (χ1v) is 8.01. The van der Waals surface area contributed by atoms with Crippen LogP contribution in [0.25, 0.3) is 10.1 Å². The molecule has 0 amide bonds. The van der Waals surface area contributed by atoms with Crippen molar-refractivity contribution in [1.82, 2.24) is 4.98 Å². The number of pyridine rings is 1. The normalized spacial score (nSPS) is 14.4. The largest absolute Gasteiger partial charge is 0.265 e. The Kier molecular flexibility index (Phi) is 3.67. The summed E-state index contributed by atoms with van der Waals surface area (Å²) in [6.45, 7) is 2.25. The van der Waals surface area contributed by atoms with Gasteiger partial charge in [-0.15, -0.1) is 11.3 Å². The van der Waals surface area contributed by atoms with Crippen LogP contribution in [0.15, 0.2) is 54.9 Å². The molecule has 0 fully saturated rings. The second-order valence-corrected chi connectivity index (χ2v) is 6.76. The first kappa shape index (κ1) is 12.8. The maximum atomic E-state index is 4.08. The fourth-order valence-corrected chi connectivity index (χ4v) is 4.09. The van der Waals surface area contributed by atoms with E-state index in [9.17, 15) is 0 Å². The summed E-state index contributed by atoms with van der Waals surface area (Å²) in [4.78, 5) is 5.80.